The minimum absolute atomic E-state index is 0.426. The van der Waals surface area contributed by atoms with Gasteiger partial charge in [-0.3, -0.25) is 4.90 Å². The van der Waals surface area contributed by atoms with Gasteiger partial charge in [0.05, 0.1) is 25.3 Å². The minimum atomic E-state index is -0.428. The van der Waals surface area contributed by atoms with Crippen LogP contribution in [0.4, 0.5) is 0 Å². The molecule has 2 aromatic heterocycles. The molecule has 2 aromatic carbocycles. The fraction of sp³-hybridized carbons (Fsp3) is 0.208. The molecule has 0 amide bonds. The Balaban J connectivity index is 1.58. The molecule has 0 spiro atoms. The second kappa shape index (κ2) is 8.09. The highest BCUT2D eigenvalue weighted by Crippen LogP contribution is 2.36. The first-order valence-electron chi connectivity index (χ1n) is 9.86. The van der Waals surface area contributed by atoms with Gasteiger partial charge in [0.2, 0.25) is 0 Å². The van der Waals surface area contributed by atoms with Gasteiger partial charge in [0.1, 0.15) is 29.6 Å². The number of methoxy groups -OCH3 is 2. The lowest BCUT2D eigenvalue weighted by atomic mass is 10.0. The van der Waals surface area contributed by atoms with Crippen molar-refractivity contribution in [1.82, 2.24) is 4.90 Å². The second-order valence-electron chi connectivity index (χ2n) is 7.31. The number of rotatable bonds is 5. The lowest BCUT2D eigenvalue weighted by molar-refractivity contribution is 0.0899. The van der Waals surface area contributed by atoms with Crippen molar-refractivity contribution in [3.63, 3.8) is 0 Å². The molecule has 4 aromatic rings. The average molecular weight is 436 g/mol. The van der Waals surface area contributed by atoms with Crippen LogP contribution in [0.25, 0.3) is 22.1 Å². The summed E-state index contributed by atoms with van der Waals surface area (Å²) in [5, 5.41) is 2.90. The van der Waals surface area contributed by atoms with E-state index in [9.17, 15) is 4.79 Å². The molecule has 6 nitrogen and oxygen atoms in total. The first-order chi connectivity index (χ1) is 15.2. The van der Waals surface area contributed by atoms with Gasteiger partial charge in [0.15, 0.2) is 0 Å². The molecule has 0 atom stereocenters. The van der Waals surface area contributed by atoms with Crippen molar-refractivity contribution >= 4 is 22.3 Å². The van der Waals surface area contributed by atoms with E-state index < -0.39 is 5.63 Å². The van der Waals surface area contributed by atoms with Gasteiger partial charge >= 0.3 is 5.63 Å². The van der Waals surface area contributed by atoms with E-state index >= 15 is 0 Å². The Kier molecular flexibility index (Phi) is 5.13. The summed E-state index contributed by atoms with van der Waals surface area (Å²) in [6.07, 6.45) is 0. The minimum Gasteiger partial charge on any atom is -0.497 e. The zero-order valence-electron chi connectivity index (χ0n) is 17.2. The molecule has 0 N–H and O–H groups in total. The zero-order valence-corrected chi connectivity index (χ0v) is 18.0. The van der Waals surface area contributed by atoms with E-state index in [1.54, 1.807) is 43.8 Å². The van der Waals surface area contributed by atoms with Crippen LogP contribution in [0.2, 0.25) is 0 Å². The highest BCUT2D eigenvalue weighted by molar-refractivity contribution is 7.09. The predicted molar refractivity (Wildman–Crippen MR) is 120 cm³/mol. The average Bonchev–Trinajstić information content (AvgIpc) is 3.31. The van der Waals surface area contributed by atoms with E-state index in [-0.39, 0.29) is 0 Å². The van der Waals surface area contributed by atoms with E-state index in [1.165, 1.54) is 4.88 Å². The largest absolute Gasteiger partial charge is 0.497 e. The second-order valence-corrected chi connectivity index (χ2v) is 8.35. The van der Waals surface area contributed by atoms with Crippen molar-refractivity contribution in [3.05, 3.63) is 74.8 Å². The van der Waals surface area contributed by atoms with Gasteiger partial charge in [0.25, 0.3) is 0 Å². The van der Waals surface area contributed by atoms with E-state index in [2.05, 4.69) is 16.3 Å². The molecule has 0 saturated heterocycles. The third kappa shape index (κ3) is 3.66. The summed E-state index contributed by atoms with van der Waals surface area (Å²) in [5.41, 5.74) is 2.08. The maximum atomic E-state index is 13.0. The molecule has 0 bridgehead atoms. The van der Waals surface area contributed by atoms with Crippen LogP contribution in [0, 0.1) is 0 Å². The van der Waals surface area contributed by atoms with Gasteiger partial charge in [-0.2, -0.15) is 0 Å². The van der Waals surface area contributed by atoms with Crippen LogP contribution in [0.3, 0.4) is 0 Å². The summed E-state index contributed by atoms with van der Waals surface area (Å²) in [4.78, 5) is 16.5. The van der Waals surface area contributed by atoms with Crippen LogP contribution in [-0.4, -0.2) is 25.9 Å². The lowest BCUT2D eigenvalue weighted by Crippen LogP contribution is -2.31. The molecule has 0 saturated carbocycles. The molecule has 0 unspecified atom stereocenters. The van der Waals surface area contributed by atoms with E-state index in [0.717, 1.165) is 23.2 Å². The summed E-state index contributed by atoms with van der Waals surface area (Å²) < 4.78 is 22.6. The Morgan fingerprint density at radius 3 is 2.74 bits per heavy atom. The lowest BCUT2D eigenvalue weighted by Gasteiger charge is -2.28. The summed E-state index contributed by atoms with van der Waals surface area (Å²) in [6, 6.07) is 15.2. The number of ether oxygens (including phenoxy) is 3. The molecule has 31 heavy (non-hydrogen) atoms. The van der Waals surface area contributed by atoms with Crippen molar-refractivity contribution in [3.8, 4) is 28.4 Å². The van der Waals surface area contributed by atoms with Crippen LogP contribution in [-0.2, 0) is 13.1 Å². The van der Waals surface area contributed by atoms with Gasteiger partial charge in [-0.05, 0) is 47.8 Å². The number of hydrogen-bond donors (Lipinski definition) is 0. The SMILES string of the molecule is COc1ccc(OC)c(-c2cc3ccc4c(c3oc2=O)CN(Cc2cccs2)CO4)c1. The van der Waals surface area contributed by atoms with E-state index in [0.29, 0.717) is 41.5 Å². The molecular formula is C24H21NO5S. The van der Waals surface area contributed by atoms with Gasteiger partial charge in [-0.15, -0.1) is 11.3 Å². The maximum Gasteiger partial charge on any atom is 0.344 e. The van der Waals surface area contributed by atoms with Crippen LogP contribution in [0.5, 0.6) is 17.2 Å². The Morgan fingerprint density at radius 2 is 1.97 bits per heavy atom. The van der Waals surface area contributed by atoms with E-state index in [1.807, 2.05) is 24.3 Å². The number of hydrogen-bond acceptors (Lipinski definition) is 7. The standard InChI is InChI=1S/C24H21NO5S/c1-27-16-6-8-21(28-2)18(11-16)19-10-15-5-7-22-20(23(15)30-24(19)26)13-25(14-29-22)12-17-4-3-9-31-17/h3-11H,12-14H2,1-2H3. The molecule has 0 aliphatic carbocycles. The van der Waals surface area contributed by atoms with Gasteiger partial charge in [-0.1, -0.05) is 6.07 Å². The third-order valence-corrected chi connectivity index (χ3v) is 6.26. The van der Waals surface area contributed by atoms with Crippen LogP contribution >= 0.6 is 11.3 Å². The summed E-state index contributed by atoms with van der Waals surface area (Å²) in [6.45, 7) is 1.94. The van der Waals surface area contributed by atoms with Gasteiger partial charge in [0, 0.05) is 28.9 Å². The fourth-order valence-electron chi connectivity index (χ4n) is 3.88. The first kappa shape index (κ1) is 19.7. The number of thiophene rings is 1. The molecule has 0 fully saturated rings. The van der Waals surface area contributed by atoms with Crippen molar-refractivity contribution in [2.75, 3.05) is 21.0 Å². The Morgan fingerprint density at radius 1 is 1.06 bits per heavy atom. The van der Waals surface area contributed by atoms with Crippen molar-refractivity contribution in [1.29, 1.82) is 0 Å². The summed E-state index contributed by atoms with van der Waals surface area (Å²) in [7, 11) is 3.16. The number of nitrogens with zero attached hydrogens (tertiary/aromatic N) is 1. The Bertz CT molecular complexity index is 1300. The quantitative estimate of drug-likeness (QED) is 0.416. The Labute approximate surface area is 183 Å². The number of fused-ring (bicyclic) bond motifs is 3. The van der Waals surface area contributed by atoms with Crippen molar-refractivity contribution < 1.29 is 18.6 Å². The highest BCUT2D eigenvalue weighted by atomic mass is 32.1. The highest BCUT2D eigenvalue weighted by Gasteiger charge is 2.23. The van der Waals surface area contributed by atoms with E-state index in [4.69, 9.17) is 18.6 Å². The number of benzene rings is 2. The molecular weight excluding hydrogens is 414 g/mol. The van der Waals surface area contributed by atoms with Gasteiger partial charge in [-0.25, -0.2) is 4.79 Å². The van der Waals surface area contributed by atoms with Crippen LogP contribution in [0.15, 0.2) is 63.1 Å². The molecule has 1 aliphatic heterocycles. The summed E-state index contributed by atoms with van der Waals surface area (Å²) >= 11 is 1.72. The van der Waals surface area contributed by atoms with Crippen LogP contribution in [0.1, 0.15) is 10.4 Å². The molecule has 1 aliphatic rings. The first-order valence-corrected chi connectivity index (χ1v) is 10.7. The zero-order chi connectivity index (χ0) is 21.4. The topological polar surface area (TPSA) is 61.1 Å². The molecule has 158 valence electrons. The molecule has 7 heteroatoms. The molecule has 0 radical (unpaired) electrons. The van der Waals surface area contributed by atoms with Crippen molar-refractivity contribution in [2.45, 2.75) is 13.1 Å². The van der Waals surface area contributed by atoms with Crippen LogP contribution < -0.4 is 19.8 Å². The molecule has 3 heterocycles. The maximum absolute atomic E-state index is 13.0. The summed E-state index contributed by atoms with van der Waals surface area (Å²) in [5.74, 6) is 1.97. The smallest absolute Gasteiger partial charge is 0.344 e. The predicted octanol–water partition coefficient (Wildman–Crippen LogP) is 4.89. The normalized spacial score (nSPS) is 13.6. The van der Waals surface area contributed by atoms with Crippen molar-refractivity contribution in [2.24, 2.45) is 0 Å². The Hall–Kier alpha value is -3.29. The monoisotopic (exact) mass is 435 g/mol. The fourth-order valence-corrected chi connectivity index (χ4v) is 4.62. The third-order valence-electron chi connectivity index (χ3n) is 5.40. The van der Waals surface area contributed by atoms with Gasteiger partial charge < -0.3 is 18.6 Å². The molecule has 5 rings (SSSR count).